The molecule has 0 aliphatic carbocycles. The van der Waals surface area contributed by atoms with Crippen LogP contribution in [0.15, 0.2) is 42.7 Å². The summed E-state index contributed by atoms with van der Waals surface area (Å²) in [6.45, 7) is 1.16. The summed E-state index contributed by atoms with van der Waals surface area (Å²) >= 11 is 0. The van der Waals surface area contributed by atoms with E-state index in [0.29, 0.717) is 6.61 Å². The van der Waals surface area contributed by atoms with Crippen molar-refractivity contribution in [2.24, 2.45) is 0 Å². The van der Waals surface area contributed by atoms with Gasteiger partial charge in [-0.1, -0.05) is 0 Å². The van der Waals surface area contributed by atoms with Gasteiger partial charge in [-0.05, 0) is 35.9 Å². The summed E-state index contributed by atoms with van der Waals surface area (Å²) in [6.07, 6.45) is 3.87. The van der Waals surface area contributed by atoms with Crippen LogP contribution < -0.4 is 10.1 Å². The Kier molecular flexibility index (Phi) is 4.05. The van der Waals surface area contributed by atoms with Gasteiger partial charge in [0.25, 0.3) is 0 Å². The van der Waals surface area contributed by atoms with Crippen LogP contribution in [-0.2, 0) is 6.54 Å². The lowest BCUT2D eigenvalue weighted by Crippen LogP contribution is -2.02. The number of aliphatic hydroxyl groups is 1. The maximum Gasteiger partial charge on any atom is 0.119 e. The summed E-state index contributed by atoms with van der Waals surface area (Å²) in [4.78, 5) is 3.01. The lowest BCUT2D eigenvalue weighted by atomic mass is 10.3. The summed E-state index contributed by atoms with van der Waals surface area (Å²) in [5, 5.41) is 11.9. The van der Waals surface area contributed by atoms with E-state index in [4.69, 9.17) is 9.84 Å². The van der Waals surface area contributed by atoms with Crippen LogP contribution in [0.2, 0.25) is 0 Å². The number of benzene rings is 1. The second kappa shape index (κ2) is 5.96. The number of ether oxygens (including phenoxy) is 1. The van der Waals surface area contributed by atoms with E-state index in [1.165, 1.54) is 5.56 Å². The summed E-state index contributed by atoms with van der Waals surface area (Å²) in [7, 11) is 0. The van der Waals surface area contributed by atoms with Crippen LogP contribution >= 0.6 is 0 Å². The number of nitrogens with one attached hydrogen (secondary N) is 2. The van der Waals surface area contributed by atoms with Crippen molar-refractivity contribution in [3.63, 3.8) is 0 Å². The number of hydrogen-bond donors (Lipinski definition) is 3. The van der Waals surface area contributed by atoms with Crippen LogP contribution in [0, 0.1) is 0 Å². The van der Waals surface area contributed by atoms with Gasteiger partial charge in [0.2, 0.25) is 0 Å². The summed E-state index contributed by atoms with van der Waals surface area (Å²) in [5.41, 5.74) is 2.26. The van der Waals surface area contributed by atoms with E-state index >= 15 is 0 Å². The van der Waals surface area contributed by atoms with Gasteiger partial charge in [-0.3, -0.25) is 0 Å². The fourth-order valence-electron chi connectivity index (χ4n) is 1.51. The molecule has 0 atom stereocenters. The molecule has 0 unspecified atom stereocenters. The normalized spacial score (nSPS) is 10.2. The molecule has 1 heterocycles. The molecular formula is C13H16N2O2. The Morgan fingerprint density at radius 3 is 2.65 bits per heavy atom. The van der Waals surface area contributed by atoms with E-state index in [-0.39, 0.29) is 6.61 Å². The Morgan fingerprint density at radius 2 is 2.00 bits per heavy atom. The molecule has 90 valence electrons. The van der Waals surface area contributed by atoms with Crippen molar-refractivity contribution in [2.45, 2.75) is 6.54 Å². The van der Waals surface area contributed by atoms with Crippen molar-refractivity contribution in [2.75, 3.05) is 18.5 Å². The molecule has 0 radical (unpaired) electrons. The van der Waals surface area contributed by atoms with Gasteiger partial charge in [0, 0.05) is 24.6 Å². The zero-order chi connectivity index (χ0) is 11.9. The third kappa shape index (κ3) is 3.53. The molecule has 4 nitrogen and oxygen atoms in total. The highest BCUT2D eigenvalue weighted by Crippen LogP contribution is 2.16. The van der Waals surface area contributed by atoms with Crippen molar-refractivity contribution in [1.82, 2.24) is 4.98 Å². The second-order valence-electron chi connectivity index (χ2n) is 3.67. The lowest BCUT2D eigenvalue weighted by molar-refractivity contribution is 0.201. The molecular weight excluding hydrogens is 216 g/mol. The minimum atomic E-state index is 0.0352. The fourth-order valence-corrected chi connectivity index (χ4v) is 1.51. The topological polar surface area (TPSA) is 57.3 Å². The smallest absolute Gasteiger partial charge is 0.119 e. The van der Waals surface area contributed by atoms with Crippen LogP contribution in [0.1, 0.15) is 5.56 Å². The predicted octanol–water partition coefficient (Wildman–Crippen LogP) is 2.00. The van der Waals surface area contributed by atoms with Crippen molar-refractivity contribution < 1.29 is 9.84 Å². The number of aliphatic hydroxyl groups excluding tert-OH is 1. The summed E-state index contributed by atoms with van der Waals surface area (Å²) < 4.78 is 5.28. The molecule has 3 N–H and O–H groups in total. The molecule has 4 heteroatoms. The average Bonchev–Trinajstić information content (AvgIpc) is 2.88. The first-order valence-corrected chi connectivity index (χ1v) is 5.58. The van der Waals surface area contributed by atoms with E-state index in [0.717, 1.165) is 18.0 Å². The van der Waals surface area contributed by atoms with E-state index in [1.54, 1.807) is 0 Å². The average molecular weight is 232 g/mol. The Balaban J connectivity index is 1.85. The van der Waals surface area contributed by atoms with Crippen LogP contribution in [0.5, 0.6) is 5.75 Å². The highest BCUT2D eigenvalue weighted by atomic mass is 16.5. The van der Waals surface area contributed by atoms with Gasteiger partial charge in [0.15, 0.2) is 0 Å². The molecule has 2 rings (SSSR count). The monoisotopic (exact) mass is 232 g/mol. The Morgan fingerprint density at radius 1 is 1.18 bits per heavy atom. The standard InChI is InChI=1S/C13H16N2O2/c16-7-8-17-13-3-1-12(2-4-13)15-10-11-5-6-14-9-11/h1-6,9,14-16H,7-8,10H2. The molecule has 0 fully saturated rings. The number of aromatic amines is 1. The van der Waals surface area contributed by atoms with Crippen LogP contribution in [-0.4, -0.2) is 23.3 Å². The highest BCUT2D eigenvalue weighted by Gasteiger charge is 1.96. The van der Waals surface area contributed by atoms with Gasteiger partial charge in [-0.15, -0.1) is 0 Å². The first-order valence-electron chi connectivity index (χ1n) is 5.58. The summed E-state index contributed by atoms with van der Waals surface area (Å²) in [5.74, 6) is 0.770. The minimum Gasteiger partial charge on any atom is -0.491 e. The SMILES string of the molecule is OCCOc1ccc(NCc2cc[nH]c2)cc1. The Bertz CT molecular complexity index is 423. The zero-order valence-electron chi connectivity index (χ0n) is 9.52. The first kappa shape index (κ1) is 11.5. The van der Waals surface area contributed by atoms with E-state index in [9.17, 15) is 0 Å². The molecule has 2 aromatic rings. The van der Waals surface area contributed by atoms with Crippen molar-refractivity contribution >= 4 is 5.69 Å². The molecule has 0 aliphatic rings. The number of hydrogen-bond acceptors (Lipinski definition) is 3. The van der Waals surface area contributed by atoms with Gasteiger partial charge in [0.1, 0.15) is 12.4 Å². The molecule has 0 saturated carbocycles. The lowest BCUT2D eigenvalue weighted by Gasteiger charge is -2.07. The zero-order valence-corrected chi connectivity index (χ0v) is 9.52. The molecule has 17 heavy (non-hydrogen) atoms. The van der Waals surface area contributed by atoms with Crippen LogP contribution in [0.25, 0.3) is 0 Å². The maximum atomic E-state index is 8.63. The summed E-state index contributed by atoms with van der Waals surface area (Å²) in [6, 6.07) is 9.72. The molecule has 1 aromatic heterocycles. The van der Waals surface area contributed by atoms with Crippen molar-refractivity contribution in [3.05, 3.63) is 48.3 Å². The van der Waals surface area contributed by atoms with E-state index < -0.39 is 0 Å². The van der Waals surface area contributed by atoms with Crippen molar-refractivity contribution in [3.8, 4) is 5.75 Å². The molecule has 0 bridgehead atoms. The molecule has 0 spiro atoms. The maximum absolute atomic E-state index is 8.63. The molecule has 0 aliphatic heterocycles. The molecule has 0 saturated heterocycles. The fraction of sp³-hybridized carbons (Fsp3) is 0.231. The largest absolute Gasteiger partial charge is 0.491 e. The number of anilines is 1. The Hall–Kier alpha value is -1.94. The first-order chi connectivity index (χ1) is 8.38. The number of H-pyrrole nitrogens is 1. The third-order valence-corrected chi connectivity index (χ3v) is 2.37. The number of rotatable bonds is 6. The van der Waals surface area contributed by atoms with Gasteiger partial charge in [0.05, 0.1) is 6.61 Å². The van der Waals surface area contributed by atoms with Crippen molar-refractivity contribution in [1.29, 1.82) is 0 Å². The Labute approximate surface area is 100 Å². The van der Waals surface area contributed by atoms with E-state index in [2.05, 4.69) is 10.3 Å². The predicted molar refractivity (Wildman–Crippen MR) is 67.1 cm³/mol. The number of aromatic nitrogens is 1. The van der Waals surface area contributed by atoms with Gasteiger partial charge >= 0.3 is 0 Å². The van der Waals surface area contributed by atoms with Gasteiger partial charge < -0.3 is 20.1 Å². The highest BCUT2D eigenvalue weighted by molar-refractivity contribution is 5.46. The minimum absolute atomic E-state index is 0.0352. The van der Waals surface area contributed by atoms with Gasteiger partial charge in [-0.25, -0.2) is 0 Å². The van der Waals surface area contributed by atoms with Crippen LogP contribution in [0.3, 0.4) is 0 Å². The second-order valence-corrected chi connectivity index (χ2v) is 3.67. The van der Waals surface area contributed by atoms with Gasteiger partial charge in [-0.2, -0.15) is 0 Å². The third-order valence-electron chi connectivity index (χ3n) is 2.37. The quantitative estimate of drug-likeness (QED) is 0.714. The molecule has 1 aromatic carbocycles. The molecule has 0 amide bonds. The van der Waals surface area contributed by atoms with Crippen LogP contribution in [0.4, 0.5) is 5.69 Å². The van der Waals surface area contributed by atoms with E-state index in [1.807, 2.05) is 42.7 Å².